The third kappa shape index (κ3) is 5.25. The van der Waals surface area contributed by atoms with Gasteiger partial charge in [-0.15, -0.1) is 0 Å². The second-order valence-electron chi connectivity index (χ2n) is 5.74. The smallest absolute Gasteiger partial charge is 0.0791 e. The van der Waals surface area contributed by atoms with E-state index in [2.05, 4.69) is 38.0 Å². The van der Waals surface area contributed by atoms with Crippen LogP contribution < -0.4 is 5.32 Å². The van der Waals surface area contributed by atoms with E-state index in [4.69, 9.17) is 4.74 Å². The lowest BCUT2D eigenvalue weighted by Crippen LogP contribution is -2.46. The van der Waals surface area contributed by atoms with Crippen LogP contribution in [0, 0.1) is 0 Å². The van der Waals surface area contributed by atoms with Gasteiger partial charge in [-0.2, -0.15) is 0 Å². The maximum absolute atomic E-state index is 9.90. The molecule has 4 heteroatoms. The third-order valence-electron chi connectivity index (χ3n) is 2.90. The van der Waals surface area contributed by atoms with Crippen LogP contribution in [-0.2, 0) is 4.74 Å². The van der Waals surface area contributed by atoms with Gasteiger partial charge in [0, 0.05) is 31.3 Å². The normalized spacial score (nSPS) is 24.0. The highest BCUT2D eigenvalue weighted by Gasteiger charge is 2.22. The Morgan fingerprint density at radius 1 is 1.50 bits per heavy atom. The topological polar surface area (TPSA) is 44.7 Å². The molecule has 0 spiro atoms. The monoisotopic (exact) mass is 230 g/mol. The SMILES string of the molecule is CN(CC(O)CNC(C)(C)C)C1CCOC1. The van der Waals surface area contributed by atoms with Gasteiger partial charge in [0.05, 0.1) is 12.7 Å². The van der Waals surface area contributed by atoms with Crippen LogP contribution in [0.1, 0.15) is 27.2 Å². The molecule has 2 unspecified atom stereocenters. The molecule has 4 nitrogen and oxygen atoms in total. The van der Waals surface area contributed by atoms with Crippen LogP contribution in [-0.4, -0.2) is 61.0 Å². The fourth-order valence-electron chi connectivity index (χ4n) is 1.84. The molecule has 1 aliphatic rings. The lowest BCUT2D eigenvalue weighted by molar-refractivity contribution is 0.0898. The molecule has 0 amide bonds. The van der Waals surface area contributed by atoms with Crippen LogP contribution in [0.5, 0.6) is 0 Å². The van der Waals surface area contributed by atoms with Gasteiger partial charge < -0.3 is 15.2 Å². The number of likely N-dealkylation sites (N-methyl/N-ethyl adjacent to an activating group) is 1. The van der Waals surface area contributed by atoms with Crippen molar-refractivity contribution in [3.8, 4) is 0 Å². The number of nitrogens with one attached hydrogen (secondary N) is 1. The summed E-state index contributed by atoms with van der Waals surface area (Å²) in [5.74, 6) is 0. The van der Waals surface area contributed by atoms with E-state index in [1.54, 1.807) is 0 Å². The van der Waals surface area contributed by atoms with E-state index >= 15 is 0 Å². The van der Waals surface area contributed by atoms with E-state index in [9.17, 15) is 5.11 Å². The minimum absolute atomic E-state index is 0.0655. The van der Waals surface area contributed by atoms with E-state index in [0.29, 0.717) is 19.1 Å². The first-order valence-corrected chi connectivity index (χ1v) is 6.09. The Hall–Kier alpha value is -0.160. The molecule has 1 heterocycles. The van der Waals surface area contributed by atoms with Crippen LogP contribution in [0.3, 0.4) is 0 Å². The highest BCUT2D eigenvalue weighted by atomic mass is 16.5. The van der Waals surface area contributed by atoms with Gasteiger partial charge in [0.25, 0.3) is 0 Å². The summed E-state index contributed by atoms with van der Waals surface area (Å²) in [6.45, 7) is 9.32. The van der Waals surface area contributed by atoms with Crippen molar-refractivity contribution in [2.75, 3.05) is 33.4 Å². The summed E-state index contributed by atoms with van der Waals surface area (Å²) in [5.41, 5.74) is 0.0655. The number of aliphatic hydroxyl groups is 1. The van der Waals surface area contributed by atoms with E-state index in [1.807, 2.05) is 0 Å². The summed E-state index contributed by atoms with van der Waals surface area (Å²) in [6, 6.07) is 0.476. The van der Waals surface area contributed by atoms with Crippen molar-refractivity contribution < 1.29 is 9.84 Å². The number of β-amino-alcohol motifs (C(OH)–C–C–N with tert-alkyl or cyclic N) is 1. The zero-order chi connectivity index (χ0) is 12.2. The van der Waals surface area contributed by atoms with Gasteiger partial charge in [0.15, 0.2) is 0 Å². The first-order valence-electron chi connectivity index (χ1n) is 6.09. The molecule has 0 aromatic rings. The van der Waals surface area contributed by atoms with Gasteiger partial charge in [0.2, 0.25) is 0 Å². The molecule has 1 rings (SSSR count). The van der Waals surface area contributed by atoms with Gasteiger partial charge in [-0.3, -0.25) is 4.90 Å². The average molecular weight is 230 g/mol. The van der Waals surface area contributed by atoms with Gasteiger partial charge in [-0.25, -0.2) is 0 Å². The molecule has 96 valence electrons. The average Bonchev–Trinajstić information content (AvgIpc) is 2.66. The van der Waals surface area contributed by atoms with E-state index < -0.39 is 0 Å². The molecule has 0 aliphatic carbocycles. The second kappa shape index (κ2) is 5.96. The number of hydrogen-bond acceptors (Lipinski definition) is 4. The van der Waals surface area contributed by atoms with Gasteiger partial charge in [0.1, 0.15) is 0 Å². The van der Waals surface area contributed by atoms with Gasteiger partial charge >= 0.3 is 0 Å². The molecule has 2 atom stereocenters. The molecule has 0 bridgehead atoms. The Balaban J connectivity index is 2.19. The predicted octanol–water partition coefficient (Wildman–Crippen LogP) is 0.456. The molecule has 1 saturated heterocycles. The number of rotatable bonds is 5. The van der Waals surface area contributed by atoms with Crippen molar-refractivity contribution in [1.29, 1.82) is 0 Å². The van der Waals surface area contributed by atoms with Crippen LogP contribution in [0.15, 0.2) is 0 Å². The fourth-order valence-corrected chi connectivity index (χ4v) is 1.84. The standard InChI is InChI=1S/C12H26N2O2/c1-12(2,3)13-7-11(15)8-14(4)10-5-6-16-9-10/h10-11,13,15H,5-9H2,1-4H3. The minimum atomic E-state index is -0.315. The van der Waals surface area contributed by atoms with Crippen LogP contribution in [0.25, 0.3) is 0 Å². The Labute approximate surface area is 99.0 Å². The molecule has 0 aromatic heterocycles. The van der Waals surface area contributed by atoms with Crippen molar-refractivity contribution in [1.82, 2.24) is 10.2 Å². The molecular formula is C12H26N2O2. The Kier molecular flexibility index (Phi) is 5.18. The number of hydrogen-bond donors (Lipinski definition) is 2. The third-order valence-corrected chi connectivity index (χ3v) is 2.90. The van der Waals surface area contributed by atoms with Gasteiger partial charge in [-0.1, -0.05) is 0 Å². The van der Waals surface area contributed by atoms with Crippen LogP contribution in [0.4, 0.5) is 0 Å². The molecular weight excluding hydrogens is 204 g/mol. The maximum Gasteiger partial charge on any atom is 0.0791 e. The minimum Gasteiger partial charge on any atom is -0.390 e. The highest BCUT2D eigenvalue weighted by Crippen LogP contribution is 2.10. The Bertz CT molecular complexity index is 198. The maximum atomic E-state index is 9.90. The van der Waals surface area contributed by atoms with Crippen LogP contribution in [0.2, 0.25) is 0 Å². The van der Waals surface area contributed by atoms with Crippen molar-refractivity contribution in [2.24, 2.45) is 0 Å². The van der Waals surface area contributed by atoms with Crippen LogP contribution >= 0.6 is 0 Å². The predicted molar refractivity (Wildman–Crippen MR) is 65.6 cm³/mol. The molecule has 2 N–H and O–H groups in total. The van der Waals surface area contributed by atoms with E-state index in [0.717, 1.165) is 19.6 Å². The molecule has 0 aromatic carbocycles. The first kappa shape index (κ1) is 13.9. The first-order chi connectivity index (χ1) is 7.38. The summed E-state index contributed by atoms with van der Waals surface area (Å²) in [4.78, 5) is 2.20. The molecule has 1 fully saturated rings. The van der Waals surface area contributed by atoms with Crippen molar-refractivity contribution in [3.05, 3.63) is 0 Å². The largest absolute Gasteiger partial charge is 0.390 e. The van der Waals surface area contributed by atoms with E-state index in [1.165, 1.54) is 0 Å². The number of nitrogens with zero attached hydrogens (tertiary/aromatic N) is 1. The molecule has 0 radical (unpaired) electrons. The summed E-state index contributed by atoms with van der Waals surface area (Å²) in [6.07, 6.45) is 0.764. The summed E-state index contributed by atoms with van der Waals surface area (Å²) in [7, 11) is 2.06. The Morgan fingerprint density at radius 2 is 2.19 bits per heavy atom. The fraction of sp³-hybridized carbons (Fsp3) is 1.00. The van der Waals surface area contributed by atoms with Crippen molar-refractivity contribution in [2.45, 2.75) is 44.9 Å². The lowest BCUT2D eigenvalue weighted by Gasteiger charge is -2.28. The number of aliphatic hydroxyl groups excluding tert-OH is 1. The molecule has 16 heavy (non-hydrogen) atoms. The second-order valence-corrected chi connectivity index (χ2v) is 5.74. The summed E-state index contributed by atoms with van der Waals surface area (Å²) in [5, 5.41) is 13.2. The summed E-state index contributed by atoms with van der Waals surface area (Å²) >= 11 is 0. The molecule has 0 saturated carbocycles. The van der Waals surface area contributed by atoms with Gasteiger partial charge in [-0.05, 0) is 34.2 Å². The number of ether oxygens (including phenoxy) is 1. The van der Waals surface area contributed by atoms with Crippen molar-refractivity contribution >= 4 is 0 Å². The van der Waals surface area contributed by atoms with E-state index in [-0.39, 0.29) is 11.6 Å². The Morgan fingerprint density at radius 3 is 2.69 bits per heavy atom. The quantitative estimate of drug-likeness (QED) is 0.720. The van der Waals surface area contributed by atoms with Crippen molar-refractivity contribution in [3.63, 3.8) is 0 Å². The summed E-state index contributed by atoms with van der Waals surface area (Å²) < 4.78 is 5.34. The molecule has 1 aliphatic heterocycles. The zero-order valence-corrected chi connectivity index (χ0v) is 11.0. The lowest BCUT2D eigenvalue weighted by atomic mass is 10.1. The zero-order valence-electron chi connectivity index (χ0n) is 11.0. The highest BCUT2D eigenvalue weighted by molar-refractivity contribution is 4.78.